The Hall–Kier alpha value is -2.69. The van der Waals surface area contributed by atoms with Crippen molar-refractivity contribution in [2.24, 2.45) is 5.92 Å². The van der Waals surface area contributed by atoms with Crippen molar-refractivity contribution in [3.63, 3.8) is 0 Å². The first-order valence-electron chi connectivity index (χ1n) is 9.21. The van der Waals surface area contributed by atoms with Gasteiger partial charge in [0, 0.05) is 43.9 Å². The quantitative estimate of drug-likeness (QED) is 0.856. The first kappa shape index (κ1) is 16.8. The monoisotopic (exact) mass is 352 g/mol. The fourth-order valence-electron chi connectivity index (χ4n) is 3.48. The van der Waals surface area contributed by atoms with Crippen LogP contribution in [0.5, 0.6) is 5.75 Å². The number of piperazine rings is 1. The highest BCUT2D eigenvalue weighted by Crippen LogP contribution is 2.47. The summed E-state index contributed by atoms with van der Waals surface area (Å²) in [5, 5.41) is 9.38. The summed E-state index contributed by atoms with van der Waals surface area (Å²) in [5.74, 6) is 3.34. The molecule has 136 valence electrons. The summed E-state index contributed by atoms with van der Waals surface area (Å²) in [5.41, 5.74) is 1.07. The van der Waals surface area contributed by atoms with Crippen molar-refractivity contribution >= 4 is 17.7 Å². The molecule has 1 saturated heterocycles. The van der Waals surface area contributed by atoms with E-state index in [2.05, 4.69) is 11.8 Å². The van der Waals surface area contributed by atoms with E-state index in [-0.39, 0.29) is 11.7 Å². The molecule has 26 heavy (non-hydrogen) atoms. The Morgan fingerprint density at radius 3 is 2.46 bits per heavy atom. The van der Waals surface area contributed by atoms with Crippen LogP contribution >= 0.6 is 0 Å². The molecule has 0 bridgehead atoms. The number of carbonyl (C=O) groups excluding carboxylic acids is 1. The maximum absolute atomic E-state index is 12.4. The van der Waals surface area contributed by atoms with Crippen LogP contribution in [0.1, 0.15) is 30.8 Å². The highest BCUT2D eigenvalue weighted by Gasteiger charge is 2.36. The molecule has 4 rings (SSSR count). The minimum atomic E-state index is 0.0214. The van der Waals surface area contributed by atoms with Gasteiger partial charge in [-0.05, 0) is 54.8 Å². The van der Waals surface area contributed by atoms with Gasteiger partial charge in [-0.3, -0.25) is 4.79 Å². The molecule has 1 aliphatic heterocycles. The van der Waals surface area contributed by atoms with E-state index in [0.717, 1.165) is 30.3 Å². The topological polar surface area (TPSA) is 56.9 Å². The van der Waals surface area contributed by atoms with Crippen LogP contribution in [0.3, 0.4) is 0 Å². The third kappa shape index (κ3) is 3.62. The summed E-state index contributed by atoms with van der Waals surface area (Å²) in [7, 11) is 0. The molecular weight excluding hydrogens is 328 g/mol. The van der Waals surface area contributed by atoms with Crippen molar-refractivity contribution in [3.05, 3.63) is 54.0 Å². The van der Waals surface area contributed by atoms with Crippen LogP contribution < -0.4 is 4.90 Å². The van der Waals surface area contributed by atoms with E-state index in [9.17, 15) is 9.90 Å². The Kier molecular flexibility index (Phi) is 4.45. The van der Waals surface area contributed by atoms with Gasteiger partial charge in [0.2, 0.25) is 5.91 Å². The summed E-state index contributed by atoms with van der Waals surface area (Å²) < 4.78 is 5.81. The van der Waals surface area contributed by atoms with Gasteiger partial charge in [-0.1, -0.05) is 6.92 Å². The summed E-state index contributed by atoms with van der Waals surface area (Å²) in [6.45, 7) is 5.17. The molecule has 1 aliphatic carbocycles. The third-order valence-corrected chi connectivity index (χ3v) is 5.32. The maximum Gasteiger partial charge on any atom is 0.246 e. The molecule has 2 aliphatic rings. The number of carbonyl (C=O) groups is 1. The summed E-state index contributed by atoms with van der Waals surface area (Å²) in [6.07, 6.45) is 4.57. The molecule has 2 aromatic rings. The second kappa shape index (κ2) is 6.90. The minimum Gasteiger partial charge on any atom is -0.508 e. The lowest BCUT2D eigenvalue weighted by atomic mass is 10.2. The molecule has 1 N–H and O–H groups in total. The zero-order valence-electron chi connectivity index (χ0n) is 15.0. The lowest BCUT2D eigenvalue weighted by Crippen LogP contribution is -2.48. The number of amides is 1. The standard InChI is InChI=1S/C21H24N2O3/c1-15-14-19(15)20-8-6-18(26-20)7-9-21(25)23-12-10-22(11-13-23)16-2-4-17(24)5-3-16/h2-9,15,19,24H,10-14H2,1H3/b9-7+. The average molecular weight is 352 g/mol. The number of phenols is 1. The van der Waals surface area contributed by atoms with Crippen molar-refractivity contribution in [2.75, 3.05) is 31.1 Å². The van der Waals surface area contributed by atoms with Gasteiger partial charge in [0.05, 0.1) is 0 Å². The van der Waals surface area contributed by atoms with Gasteiger partial charge in [-0.15, -0.1) is 0 Å². The number of rotatable bonds is 4. The number of benzene rings is 1. The highest BCUT2D eigenvalue weighted by atomic mass is 16.3. The lowest BCUT2D eigenvalue weighted by Gasteiger charge is -2.35. The maximum atomic E-state index is 12.4. The van der Waals surface area contributed by atoms with E-state index in [0.29, 0.717) is 24.9 Å². The molecule has 5 heteroatoms. The fraction of sp³-hybridized carbons (Fsp3) is 0.381. The van der Waals surface area contributed by atoms with Crippen molar-refractivity contribution in [1.29, 1.82) is 0 Å². The Bertz CT molecular complexity index is 801. The third-order valence-electron chi connectivity index (χ3n) is 5.32. The molecule has 0 radical (unpaired) electrons. The molecule has 0 spiro atoms. The number of aromatic hydroxyl groups is 1. The Morgan fingerprint density at radius 1 is 1.12 bits per heavy atom. The van der Waals surface area contributed by atoms with Crippen molar-refractivity contribution in [3.8, 4) is 5.75 Å². The zero-order chi connectivity index (χ0) is 18.1. The van der Waals surface area contributed by atoms with Gasteiger partial charge in [-0.2, -0.15) is 0 Å². The molecule has 1 aromatic carbocycles. The van der Waals surface area contributed by atoms with Crippen LogP contribution in [0.25, 0.3) is 6.08 Å². The van der Waals surface area contributed by atoms with E-state index in [1.54, 1.807) is 24.3 Å². The zero-order valence-corrected chi connectivity index (χ0v) is 15.0. The molecule has 1 aromatic heterocycles. The Balaban J connectivity index is 1.30. The van der Waals surface area contributed by atoms with Gasteiger partial charge >= 0.3 is 0 Å². The van der Waals surface area contributed by atoms with Gasteiger partial charge in [0.15, 0.2) is 0 Å². The smallest absolute Gasteiger partial charge is 0.246 e. The van der Waals surface area contributed by atoms with Crippen molar-refractivity contribution in [2.45, 2.75) is 19.3 Å². The van der Waals surface area contributed by atoms with E-state index in [4.69, 9.17) is 4.42 Å². The number of phenolic OH excluding ortho intramolecular Hbond substituents is 1. The summed E-state index contributed by atoms with van der Waals surface area (Å²) >= 11 is 0. The Labute approximate surface area is 153 Å². The lowest BCUT2D eigenvalue weighted by molar-refractivity contribution is -0.126. The van der Waals surface area contributed by atoms with Gasteiger partial charge in [-0.25, -0.2) is 0 Å². The predicted molar refractivity (Wildman–Crippen MR) is 101 cm³/mol. The second-order valence-electron chi connectivity index (χ2n) is 7.22. The van der Waals surface area contributed by atoms with Gasteiger partial charge < -0.3 is 19.3 Å². The number of furan rings is 1. The van der Waals surface area contributed by atoms with Crippen LogP contribution in [0, 0.1) is 5.92 Å². The molecule has 5 nitrogen and oxygen atoms in total. The van der Waals surface area contributed by atoms with Crippen molar-refractivity contribution < 1.29 is 14.3 Å². The summed E-state index contributed by atoms with van der Waals surface area (Å²) in [4.78, 5) is 16.5. The van der Waals surface area contributed by atoms with Crippen LogP contribution in [-0.4, -0.2) is 42.1 Å². The van der Waals surface area contributed by atoms with Crippen LogP contribution in [0.15, 0.2) is 46.9 Å². The summed E-state index contributed by atoms with van der Waals surface area (Å²) in [6, 6.07) is 11.1. The highest BCUT2D eigenvalue weighted by molar-refractivity contribution is 5.91. The predicted octanol–water partition coefficient (Wildman–Crippen LogP) is 3.47. The van der Waals surface area contributed by atoms with Crippen LogP contribution in [-0.2, 0) is 4.79 Å². The average Bonchev–Trinajstić information content (AvgIpc) is 3.20. The van der Waals surface area contributed by atoms with E-state index in [1.807, 2.05) is 29.2 Å². The van der Waals surface area contributed by atoms with Crippen LogP contribution in [0.2, 0.25) is 0 Å². The Morgan fingerprint density at radius 2 is 1.81 bits per heavy atom. The van der Waals surface area contributed by atoms with Crippen molar-refractivity contribution in [1.82, 2.24) is 4.90 Å². The minimum absolute atomic E-state index is 0.0214. The fourth-order valence-corrected chi connectivity index (χ4v) is 3.48. The molecule has 1 saturated carbocycles. The number of nitrogens with zero attached hydrogens (tertiary/aromatic N) is 2. The molecule has 2 atom stereocenters. The van der Waals surface area contributed by atoms with E-state index >= 15 is 0 Å². The molecular formula is C21H24N2O3. The normalized spacial score (nSPS) is 22.8. The van der Waals surface area contributed by atoms with Gasteiger partial charge in [0.1, 0.15) is 17.3 Å². The van der Waals surface area contributed by atoms with Crippen LogP contribution in [0.4, 0.5) is 5.69 Å². The molecule has 2 heterocycles. The second-order valence-corrected chi connectivity index (χ2v) is 7.22. The number of hydrogen-bond acceptors (Lipinski definition) is 4. The molecule has 1 amide bonds. The first-order chi connectivity index (χ1) is 12.6. The van der Waals surface area contributed by atoms with Gasteiger partial charge in [0.25, 0.3) is 0 Å². The van der Waals surface area contributed by atoms with E-state index < -0.39 is 0 Å². The SMILES string of the molecule is CC1CC1c1ccc(/C=C/C(=O)N2CCN(c3ccc(O)cc3)CC2)o1. The molecule has 2 fully saturated rings. The van der Waals surface area contributed by atoms with E-state index in [1.165, 1.54) is 6.42 Å². The molecule has 2 unspecified atom stereocenters. The first-order valence-corrected chi connectivity index (χ1v) is 9.21. The number of anilines is 1. The largest absolute Gasteiger partial charge is 0.508 e. The number of hydrogen-bond donors (Lipinski definition) is 1.